The molecular weight excluding hydrogens is 406 g/mol. The summed E-state index contributed by atoms with van der Waals surface area (Å²) in [6.45, 7) is 13.4. The van der Waals surface area contributed by atoms with Gasteiger partial charge in [0.05, 0.1) is 17.6 Å². The Morgan fingerprint density at radius 1 is 0.848 bits per heavy atom. The van der Waals surface area contributed by atoms with Gasteiger partial charge in [-0.2, -0.15) is 0 Å². The number of hydrogen-bond acceptors (Lipinski definition) is 3. The maximum atomic E-state index is 11.0. The second-order valence-electron chi connectivity index (χ2n) is 10.7. The first kappa shape index (κ1) is 22.8. The van der Waals surface area contributed by atoms with Crippen molar-refractivity contribution >= 4 is 23.2 Å². The molecule has 0 saturated carbocycles. The maximum absolute atomic E-state index is 11.0. The van der Waals surface area contributed by atoms with E-state index in [9.17, 15) is 5.11 Å². The lowest BCUT2D eigenvalue weighted by atomic mass is 9.78. The molecule has 0 spiro atoms. The van der Waals surface area contributed by atoms with Gasteiger partial charge in [0.1, 0.15) is 5.75 Å². The van der Waals surface area contributed by atoms with Gasteiger partial charge < -0.3 is 9.67 Å². The van der Waals surface area contributed by atoms with Crippen molar-refractivity contribution in [2.24, 2.45) is 4.99 Å². The van der Waals surface area contributed by atoms with Crippen molar-refractivity contribution in [1.29, 1.82) is 0 Å². The Balaban J connectivity index is 1.81. The van der Waals surface area contributed by atoms with E-state index in [2.05, 4.69) is 76.4 Å². The molecular formula is C29H33N3O. The van der Waals surface area contributed by atoms with Crippen LogP contribution in [0.4, 0.5) is 5.95 Å². The molecule has 33 heavy (non-hydrogen) atoms. The molecule has 4 rings (SSSR count). The van der Waals surface area contributed by atoms with Crippen molar-refractivity contribution in [1.82, 2.24) is 9.55 Å². The minimum atomic E-state index is -0.186. The lowest BCUT2D eigenvalue weighted by Gasteiger charge is -2.27. The Bertz CT molecular complexity index is 1270. The SMILES string of the molecule is CC(C)(C)c1cc(/C=N/c2nc3ccccc3n2Cc2ccccc2)cc(C(C)(C)C)c1O. The van der Waals surface area contributed by atoms with Crippen LogP contribution in [0.1, 0.15) is 63.8 Å². The standard InChI is InChI=1S/C29H33N3O/c1-28(2,3)22-16-21(17-23(26(22)33)29(4,5)6)18-30-27-31-24-14-10-11-15-25(24)32(27)19-20-12-8-7-9-13-20/h7-18,33H,19H2,1-6H3/b30-18+. The predicted molar refractivity (Wildman–Crippen MR) is 138 cm³/mol. The zero-order valence-corrected chi connectivity index (χ0v) is 20.4. The van der Waals surface area contributed by atoms with Gasteiger partial charge in [0, 0.05) is 17.3 Å². The zero-order valence-electron chi connectivity index (χ0n) is 20.4. The number of rotatable bonds is 4. The van der Waals surface area contributed by atoms with E-state index in [0.717, 1.165) is 27.7 Å². The number of aromatic hydroxyl groups is 1. The van der Waals surface area contributed by atoms with E-state index in [1.54, 1.807) is 0 Å². The van der Waals surface area contributed by atoms with E-state index >= 15 is 0 Å². The van der Waals surface area contributed by atoms with Gasteiger partial charge in [0.25, 0.3) is 0 Å². The third-order valence-corrected chi connectivity index (χ3v) is 5.90. The van der Waals surface area contributed by atoms with Crippen LogP contribution in [0.15, 0.2) is 71.7 Å². The Morgan fingerprint density at radius 3 is 2.03 bits per heavy atom. The first-order valence-corrected chi connectivity index (χ1v) is 11.5. The molecule has 3 aromatic carbocycles. The molecule has 0 unspecified atom stereocenters. The van der Waals surface area contributed by atoms with Gasteiger partial charge in [-0.05, 0) is 46.2 Å². The first-order valence-electron chi connectivity index (χ1n) is 11.5. The number of hydrogen-bond donors (Lipinski definition) is 1. The lowest BCUT2D eigenvalue weighted by molar-refractivity contribution is 0.423. The van der Waals surface area contributed by atoms with E-state index in [-0.39, 0.29) is 10.8 Å². The summed E-state index contributed by atoms with van der Waals surface area (Å²) in [7, 11) is 0. The highest BCUT2D eigenvalue weighted by atomic mass is 16.3. The molecule has 1 N–H and O–H groups in total. The summed E-state index contributed by atoms with van der Waals surface area (Å²) < 4.78 is 2.15. The number of phenols is 1. The number of fused-ring (bicyclic) bond motifs is 1. The summed E-state index contributed by atoms with van der Waals surface area (Å²) in [5, 5.41) is 11.0. The Hall–Kier alpha value is -3.40. The molecule has 4 nitrogen and oxygen atoms in total. The minimum absolute atomic E-state index is 0.186. The van der Waals surface area contributed by atoms with E-state index < -0.39 is 0 Å². The molecule has 1 heterocycles. The van der Waals surface area contributed by atoms with Gasteiger partial charge >= 0.3 is 0 Å². The molecule has 4 aromatic rings. The molecule has 0 atom stereocenters. The van der Waals surface area contributed by atoms with Crippen molar-refractivity contribution in [3.8, 4) is 5.75 Å². The Labute approximate surface area is 196 Å². The van der Waals surface area contributed by atoms with Gasteiger partial charge in [-0.25, -0.2) is 9.98 Å². The smallest absolute Gasteiger partial charge is 0.230 e. The Kier molecular flexibility index (Phi) is 5.87. The van der Waals surface area contributed by atoms with Crippen molar-refractivity contribution in [3.63, 3.8) is 0 Å². The van der Waals surface area contributed by atoms with Crippen LogP contribution in [0.2, 0.25) is 0 Å². The molecule has 0 radical (unpaired) electrons. The molecule has 4 heteroatoms. The van der Waals surface area contributed by atoms with Crippen LogP contribution in [0.25, 0.3) is 11.0 Å². The number of benzene rings is 3. The van der Waals surface area contributed by atoms with Crippen LogP contribution >= 0.6 is 0 Å². The average molecular weight is 440 g/mol. The largest absolute Gasteiger partial charge is 0.507 e. The fourth-order valence-corrected chi connectivity index (χ4v) is 4.09. The van der Waals surface area contributed by atoms with Crippen LogP contribution in [0.3, 0.4) is 0 Å². The summed E-state index contributed by atoms with van der Waals surface area (Å²) in [4.78, 5) is 9.63. The van der Waals surface area contributed by atoms with Crippen molar-refractivity contribution in [3.05, 3.63) is 89.0 Å². The third kappa shape index (κ3) is 4.85. The van der Waals surface area contributed by atoms with Gasteiger partial charge in [0.2, 0.25) is 5.95 Å². The highest BCUT2D eigenvalue weighted by Crippen LogP contribution is 2.39. The summed E-state index contributed by atoms with van der Waals surface area (Å²) in [6.07, 6.45) is 1.87. The second kappa shape index (κ2) is 8.51. The van der Waals surface area contributed by atoms with Crippen molar-refractivity contribution < 1.29 is 5.11 Å². The molecule has 0 saturated heterocycles. The molecule has 1 aromatic heterocycles. The highest BCUT2D eigenvalue weighted by molar-refractivity contribution is 5.85. The molecule has 0 aliphatic heterocycles. The molecule has 170 valence electrons. The van der Waals surface area contributed by atoms with Crippen LogP contribution in [0, 0.1) is 0 Å². The predicted octanol–water partition coefficient (Wildman–Crippen LogP) is 7.14. The highest BCUT2D eigenvalue weighted by Gasteiger charge is 2.26. The van der Waals surface area contributed by atoms with Gasteiger partial charge in [-0.3, -0.25) is 0 Å². The summed E-state index contributed by atoms with van der Waals surface area (Å²) in [5.41, 5.74) is 5.63. The number of aliphatic imine (C=N–C) groups is 1. The molecule has 0 aliphatic rings. The van der Waals surface area contributed by atoms with E-state index in [1.165, 1.54) is 5.56 Å². The topological polar surface area (TPSA) is 50.4 Å². The van der Waals surface area contributed by atoms with Gasteiger partial charge in [-0.1, -0.05) is 84.0 Å². The normalized spacial score (nSPS) is 12.7. The molecule has 0 aliphatic carbocycles. The summed E-state index contributed by atoms with van der Waals surface area (Å²) in [5.74, 6) is 1.05. The quantitative estimate of drug-likeness (QED) is 0.344. The number of para-hydroxylation sites is 2. The first-order chi connectivity index (χ1) is 15.5. The van der Waals surface area contributed by atoms with Crippen LogP contribution in [-0.2, 0) is 17.4 Å². The molecule has 0 fully saturated rings. The van der Waals surface area contributed by atoms with Crippen molar-refractivity contribution in [2.45, 2.75) is 58.9 Å². The fourth-order valence-electron chi connectivity index (χ4n) is 4.09. The van der Waals surface area contributed by atoms with E-state index in [1.807, 2.05) is 42.6 Å². The van der Waals surface area contributed by atoms with Crippen LogP contribution in [0.5, 0.6) is 5.75 Å². The second-order valence-corrected chi connectivity index (χ2v) is 10.7. The number of aromatic nitrogens is 2. The minimum Gasteiger partial charge on any atom is -0.507 e. The van der Waals surface area contributed by atoms with Crippen LogP contribution < -0.4 is 0 Å². The van der Waals surface area contributed by atoms with Crippen molar-refractivity contribution in [2.75, 3.05) is 0 Å². The summed E-state index contributed by atoms with van der Waals surface area (Å²) in [6, 6.07) is 22.6. The van der Waals surface area contributed by atoms with E-state index in [4.69, 9.17) is 9.98 Å². The van der Waals surface area contributed by atoms with Gasteiger partial charge in [-0.15, -0.1) is 0 Å². The maximum Gasteiger partial charge on any atom is 0.230 e. The Morgan fingerprint density at radius 2 is 1.42 bits per heavy atom. The number of imidazole rings is 1. The lowest BCUT2D eigenvalue weighted by Crippen LogP contribution is -2.17. The van der Waals surface area contributed by atoms with Gasteiger partial charge in [0.15, 0.2) is 0 Å². The van der Waals surface area contributed by atoms with Crippen LogP contribution in [-0.4, -0.2) is 20.9 Å². The molecule has 0 amide bonds. The monoisotopic (exact) mass is 439 g/mol. The third-order valence-electron chi connectivity index (χ3n) is 5.90. The fraction of sp³-hybridized carbons (Fsp3) is 0.310. The average Bonchev–Trinajstić information content (AvgIpc) is 3.09. The summed E-state index contributed by atoms with van der Waals surface area (Å²) >= 11 is 0. The number of nitrogens with zero attached hydrogens (tertiary/aromatic N) is 3. The van der Waals surface area contributed by atoms with E-state index in [0.29, 0.717) is 18.2 Å². The zero-order chi connectivity index (χ0) is 23.8. The molecule has 0 bridgehead atoms. The number of phenolic OH excluding ortho intramolecular Hbond substituents is 1.